The molecule has 8 heteroatoms. The Morgan fingerprint density at radius 3 is 2.62 bits per heavy atom. The van der Waals surface area contributed by atoms with Crippen LogP contribution in [0.5, 0.6) is 0 Å². The van der Waals surface area contributed by atoms with E-state index >= 15 is 0 Å². The average molecular weight is 390 g/mol. The number of halogens is 1. The van der Waals surface area contributed by atoms with Gasteiger partial charge in [0.15, 0.2) is 0 Å². The molecular formula is C13H12BrNO4S2. The summed E-state index contributed by atoms with van der Waals surface area (Å²) >= 11 is 4.37. The van der Waals surface area contributed by atoms with Crippen molar-refractivity contribution in [1.29, 1.82) is 0 Å². The Morgan fingerprint density at radius 2 is 2.05 bits per heavy atom. The first kappa shape index (κ1) is 16.0. The van der Waals surface area contributed by atoms with E-state index in [0.29, 0.717) is 4.47 Å². The van der Waals surface area contributed by atoms with Gasteiger partial charge in [-0.3, -0.25) is 4.72 Å². The van der Waals surface area contributed by atoms with Crippen LogP contribution in [0.1, 0.15) is 22.2 Å². The molecule has 0 spiro atoms. The van der Waals surface area contributed by atoms with Gasteiger partial charge in [0.25, 0.3) is 10.0 Å². The quantitative estimate of drug-likeness (QED) is 0.818. The van der Waals surface area contributed by atoms with Crippen LogP contribution in [0, 0.1) is 0 Å². The Labute approximate surface area is 134 Å². The van der Waals surface area contributed by atoms with Crippen molar-refractivity contribution in [3.05, 3.63) is 45.2 Å². The van der Waals surface area contributed by atoms with Crippen LogP contribution >= 0.6 is 27.3 Å². The lowest BCUT2D eigenvalue weighted by Gasteiger charge is -2.09. The van der Waals surface area contributed by atoms with Gasteiger partial charge in [0, 0.05) is 9.35 Å². The lowest BCUT2D eigenvalue weighted by molar-refractivity contribution is 0.0698. The van der Waals surface area contributed by atoms with Gasteiger partial charge >= 0.3 is 5.97 Å². The molecular weight excluding hydrogens is 378 g/mol. The fraction of sp³-hybridized carbons (Fsp3) is 0.154. The first-order valence-electron chi connectivity index (χ1n) is 5.98. The largest absolute Gasteiger partial charge is 0.478 e. The van der Waals surface area contributed by atoms with Crippen LogP contribution < -0.4 is 4.72 Å². The number of carboxylic acids is 1. The van der Waals surface area contributed by atoms with Crippen molar-refractivity contribution < 1.29 is 18.3 Å². The number of hydrogen-bond donors (Lipinski definition) is 2. The third-order valence-electron chi connectivity index (χ3n) is 2.71. The van der Waals surface area contributed by atoms with Crippen LogP contribution in [0.25, 0.3) is 0 Å². The molecule has 0 radical (unpaired) electrons. The Morgan fingerprint density at radius 1 is 1.33 bits per heavy atom. The molecule has 0 aliphatic rings. The van der Waals surface area contributed by atoms with Gasteiger partial charge in [0.1, 0.15) is 4.21 Å². The lowest BCUT2D eigenvalue weighted by Crippen LogP contribution is -2.14. The molecule has 0 aliphatic heterocycles. The standard InChI is InChI=1S/C13H12BrNO4S2/c1-2-9-4-6-12(20-9)21(18,19)15-11-7-8(14)3-5-10(11)13(16)17/h3-7,15H,2H2,1H3,(H,16,17). The van der Waals surface area contributed by atoms with E-state index in [-0.39, 0.29) is 15.5 Å². The molecule has 0 unspecified atom stereocenters. The van der Waals surface area contributed by atoms with Crippen molar-refractivity contribution in [1.82, 2.24) is 0 Å². The minimum atomic E-state index is -3.79. The zero-order valence-corrected chi connectivity index (χ0v) is 14.2. The predicted octanol–water partition coefficient (Wildman–Crippen LogP) is 3.57. The number of thiophene rings is 1. The van der Waals surface area contributed by atoms with E-state index in [1.807, 2.05) is 6.92 Å². The highest BCUT2D eigenvalue weighted by molar-refractivity contribution is 9.10. The molecule has 2 N–H and O–H groups in total. The van der Waals surface area contributed by atoms with Gasteiger partial charge in [-0.05, 0) is 36.8 Å². The van der Waals surface area contributed by atoms with Crippen molar-refractivity contribution >= 4 is 48.9 Å². The second-order valence-electron chi connectivity index (χ2n) is 4.17. The second-order valence-corrected chi connectivity index (χ2v) is 8.17. The highest BCUT2D eigenvalue weighted by Gasteiger charge is 2.20. The number of aryl methyl sites for hydroxylation is 1. The maximum atomic E-state index is 12.3. The van der Waals surface area contributed by atoms with E-state index < -0.39 is 16.0 Å². The maximum Gasteiger partial charge on any atom is 0.337 e. The molecule has 5 nitrogen and oxygen atoms in total. The van der Waals surface area contributed by atoms with Gasteiger partial charge in [-0.1, -0.05) is 22.9 Å². The van der Waals surface area contributed by atoms with E-state index in [9.17, 15) is 13.2 Å². The number of rotatable bonds is 5. The summed E-state index contributed by atoms with van der Waals surface area (Å²) in [6, 6.07) is 7.58. The summed E-state index contributed by atoms with van der Waals surface area (Å²) in [7, 11) is -3.79. The van der Waals surface area contributed by atoms with Crippen molar-refractivity contribution in [2.24, 2.45) is 0 Å². The second kappa shape index (κ2) is 6.17. The van der Waals surface area contributed by atoms with Crippen LogP contribution in [-0.2, 0) is 16.4 Å². The molecule has 0 bridgehead atoms. The highest BCUT2D eigenvalue weighted by atomic mass is 79.9. The Bertz CT molecular complexity index is 783. The SMILES string of the molecule is CCc1ccc(S(=O)(=O)Nc2cc(Br)ccc2C(=O)O)s1. The summed E-state index contributed by atoms with van der Waals surface area (Å²) < 4.78 is 27.7. The number of benzene rings is 1. The average Bonchev–Trinajstić information content (AvgIpc) is 2.87. The van der Waals surface area contributed by atoms with E-state index in [2.05, 4.69) is 20.7 Å². The minimum Gasteiger partial charge on any atom is -0.478 e. The summed E-state index contributed by atoms with van der Waals surface area (Å²) in [5.41, 5.74) is -0.0719. The van der Waals surface area contributed by atoms with Gasteiger partial charge in [0.2, 0.25) is 0 Å². The molecule has 2 rings (SSSR count). The molecule has 0 aliphatic carbocycles. The van der Waals surface area contributed by atoms with Gasteiger partial charge in [-0.15, -0.1) is 11.3 Å². The Hall–Kier alpha value is -1.38. The number of aromatic carboxylic acids is 1. The number of carbonyl (C=O) groups is 1. The molecule has 21 heavy (non-hydrogen) atoms. The first-order chi connectivity index (χ1) is 9.83. The Balaban J connectivity index is 2.41. The molecule has 1 heterocycles. The van der Waals surface area contributed by atoms with Gasteiger partial charge in [-0.2, -0.15) is 0 Å². The summed E-state index contributed by atoms with van der Waals surface area (Å²) in [4.78, 5) is 12.1. The highest BCUT2D eigenvalue weighted by Crippen LogP contribution is 2.27. The lowest BCUT2D eigenvalue weighted by atomic mass is 10.2. The van der Waals surface area contributed by atoms with E-state index in [4.69, 9.17) is 5.11 Å². The van der Waals surface area contributed by atoms with E-state index in [1.165, 1.54) is 29.5 Å². The molecule has 0 saturated carbocycles. The molecule has 1 aromatic heterocycles. The van der Waals surface area contributed by atoms with Crippen LogP contribution in [0.4, 0.5) is 5.69 Å². The molecule has 0 amide bonds. The third-order valence-corrected chi connectivity index (χ3v) is 6.29. The summed E-state index contributed by atoms with van der Waals surface area (Å²) in [5.74, 6) is -1.19. The van der Waals surface area contributed by atoms with Gasteiger partial charge < -0.3 is 5.11 Å². The first-order valence-corrected chi connectivity index (χ1v) is 9.07. The topological polar surface area (TPSA) is 83.5 Å². The number of carboxylic acid groups (broad SMARTS) is 1. The van der Waals surface area contributed by atoms with E-state index in [1.54, 1.807) is 12.1 Å². The number of nitrogens with one attached hydrogen (secondary N) is 1. The fourth-order valence-electron chi connectivity index (χ4n) is 1.68. The molecule has 2 aromatic rings. The Kier molecular flexibility index (Phi) is 4.70. The maximum absolute atomic E-state index is 12.3. The monoisotopic (exact) mass is 389 g/mol. The van der Waals surface area contributed by atoms with Crippen LogP contribution in [0.3, 0.4) is 0 Å². The normalized spacial score (nSPS) is 11.3. The molecule has 112 valence electrons. The van der Waals surface area contributed by atoms with E-state index in [0.717, 1.165) is 11.3 Å². The predicted molar refractivity (Wildman–Crippen MR) is 85.6 cm³/mol. The fourth-order valence-corrected chi connectivity index (χ4v) is 4.40. The third kappa shape index (κ3) is 3.63. The number of sulfonamides is 1. The summed E-state index contributed by atoms with van der Waals surface area (Å²) in [6.07, 6.45) is 0.747. The molecule has 1 aromatic carbocycles. The zero-order chi connectivity index (χ0) is 15.6. The minimum absolute atomic E-state index is 0.0309. The van der Waals surface area contributed by atoms with Crippen molar-refractivity contribution in [3.63, 3.8) is 0 Å². The molecule has 0 fully saturated rings. The number of hydrogen-bond acceptors (Lipinski definition) is 4. The van der Waals surface area contributed by atoms with Crippen molar-refractivity contribution in [2.45, 2.75) is 17.6 Å². The van der Waals surface area contributed by atoms with Crippen molar-refractivity contribution in [2.75, 3.05) is 4.72 Å². The molecule has 0 saturated heterocycles. The molecule has 0 atom stereocenters. The zero-order valence-electron chi connectivity index (χ0n) is 11.0. The summed E-state index contributed by atoms with van der Waals surface area (Å²) in [5, 5.41) is 9.12. The van der Waals surface area contributed by atoms with Gasteiger partial charge in [-0.25, -0.2) is 13.2 Å². The van der Waals surface area contributed by atoms with Crippen LogP contribution in [-0.4, -0.2) is 19.5 Å². The van der Waals surface area contributed by atoms with Crippen LogP contribution in [0.15, 0.2) is 39.0 Å². The van der Waals surface area contributed by atoms with Crippen LogP contribution in [0.2, 0.25) is 0 Å². The van der Waals surface area contributed by atoms with Gasteiger partial charge in [0.05, 0.1) is 11.3 Å². The number of anilines is 1. The smallest absolute Gasteiger partial charge is 0.337 e. The summed E-state index contributed by atoms with van der Waals surface area (Å²) in [6.45, 7) is 1.94. The van der Waals surface area contributed by atoms with Crippen molar-refractivity contribution in [3.8, 4) is 0 Å².